The minimum absolute atomic E-state index is 0.330. The normalized spacial score (nSPS) is 10.5. The smallest absolute Gasteiger partial charge is 0.161 e. The Morgan fingerprint density at radius 1 is 0.862 bits per heavy atom. The number of hydrogen-bond donors (Lipinski definition) is 1. The SMILES string of the molecule is CCOc1ccc(NCc2ccc(OCc3ccc(Cl)cc3Cl)c(OC)c2)cc1. The van der Waals surface area contributed by atoms with E-state index >= 15 is 0 Å². The van der Waals surface area contributed by atoms with Crippen LogP contribution in [-0.2, 0) is 13.2 Å². The van der Waals surface area contributed by atoms with Gasteiger partial charge in [-0.05, 0) is 61.0 Å². The lowest BCUT2D eigenvalue weighted by molar-refractivity contribution is 0.284. The Kier molecular flexibility index (Phi) is 7.50. The number of rotatable bonds is 9. The molecule has 0 saturated heterocycles. The van der Waals surface area contributed by atoms with Crippen LogP contribution in [0.2, 0.25) is 10.0 Å². The summed E-state index contributed by atoms with van der Waals surface area (Å²) >= 11 is 12.1. The van der Waals surface area contributed by atoms with E-state index in [0.717, 1.165) is 22.6 Å². The number of nitrogens with one attached hydrogen (secondary N) is 1. The summed E-state index contributed by atoms with van der Waals surface area (Å²) in [6.07, 6.45) is 0. The predicted octanol–water partition coefficient (Wildman–Crippen LogP) is 6.59. The van der Waals surface area contributed by atoms with Gasteiger partial charge in [-0.1, -0.05) is 35.3 Å². The first-order valence-electron chi connectivity index (χ1n) is 9.29. The molecule has 0 aliphatic heterocycles. The van der Waals surface area contributed by atoms with E-state index in [1.54, 1.807) is 19.2 Å². The maximum absolute atomic E-state index is 6.21. The van der Waals surface area contributed by atoms with Gasteiger partial charge in [-0.2, -0.15) is 0 Å². The molecular weight excluding hydrogens is 409 g/mol. The second kappa shape index (κ2) is 10.3. The minimum Gasteiger partial charge on any atom is -0.494 e. The molecule has 0 atom stereocenters. The summed E-state index contributed by atoms with van der Waals surface area (Å²) in [6.45, 7) is 3.62. The maximum atomic E-state index is 6.21. The molecule has 0 saturated carbocycles. The van der Waals surface area contributed by atoms with Crippen molar-refractivity contribution in [3.63, 3.8) is 0 Å². The Labute approximate surface area is 181 Å². The van der Waals surface area contributed by atoms with Crippen molar-refractivity contribution in [2.45, 2.75) is 20.1 Å². The Hall–Kier alpha value is -2.56. The molecule has 0 bridgehead atoms. The van der Waals surface area contributed by atoms with E-state index in [2.05, 4.69) is 5.32 Å². The quantitative estimate of drug-likeness (QED) is 0.414. The van der Waals surface area contributed by atoms with Gasteiger partial charge in [-0.3, -0.25) is 0 Å². The second-order valence-electron chi connectivity index (χ2n) is 6.32. The molecule has 152 valence electrons. The number of halogens is 2. The molecule has 0 amide bonds. The topological polar surface area (TPSA) is 39.7 Å². The summed E-state index contributed by atoms with van der Waals surface area (Å²) in [5.41, 5.74) is 2.96. The van der Waals surface area contributed by atoms with Crippen LogP contribution in [0.3, 0.4) is 0 Å². The lowest BCUT2D eigenvalue weighted by atomic mass is 10.2. The zero-order valence-corrected chi connectivity index (χ0v) is 17.9. The molecule has 1 N–H and O–H groups in total. The average molecular weight is 432 g/mol. The fraction of sp³-hybridized carbons (Fsp3) is 0.217. The molecule has 4 nitrogen and oxygen atoms in total. The van der Waals surface area contributed by atoms with Crippen molar-refractivity contribution < 1.29 is 14.2 Å². The molecule has 0 aliphatic carbocycles. The van der Waals surface area contributed by atoms with Crippen molar-refractivity contribution in [2.75, 3.05) is 19.0 Å². The highest BCUT2D eigenvalue weighted by Crippen LogP contribution is 2.30. The van der Waals surface area contributed by atoms with Crippen LogP contribution >= 0.6 is 23.2 Å². The van der Waals surface area contributed by atoms with Crippen LogP contribution in [0.1, 0.15) is 18.1 Å². The van der Waals surface area contributed by atoms with E-state index in [0.29, 0.717) is 41.3 Å². The second-order valence-corrected chi connectivity index (χ2v) is 7.16. The van der Waals surface area contributed by atoms with Gasteiger partial charge >= 0.3 is 0 Å². The van der Waals surface area contributed by atoms with Gasteiger partial charge < -0.3 is 19.5 Å². The van der Waals surface area contributed by atoms with E-state index in [1.807, 2.05) is 55.5 Å². The molecule has 3 aromatic carbocycles. The fourth-order valence-corrected chi connectivity index (χ4v) is 3.24. The van der Waals surface area contributed by atoms with E-state index in [4.69, 9.17) is 37.4 Å². The Balaban J connectivity index is 1.62. The maximum Gasteiger partial charge on any atom is 0.161 e. The number of hydrogen-bond acceptors (Lipinski definition) is 4. The zero-order chi connectivity index (χ0) is 20.6. The molecule has 0 heterocycles. The third-order valence-electron chi connectivity index (χ3n) is 4.29. The van der Waals surface area contributed by atoms with Gasteiger partial charge in [0.15, 0.2) is 11.5 Å². The van der Waals surface area contributed by atoms with Crippen LogP contribution in [0.4, 0.5) is 5.69 Å². The molecule has 0 spiro atoms. The predicted molar refractivity (Wildman–Crippen MR) is 119 cm³/mol. The first-order valence-corrected chi connectivity index (χ1v) is 10.0. The summed E-state index contributed by atoms with van der Waals surface area (Å²) in [6, 6.07) is 19.1. The van der Waals surface area contributed by atoms with Gasteiger partial charge in [0, 0.05) is 27.8 Å². The molecule has 6 heteroatoms. The van der Waals surface area contributed by atoms with Crippen molar-refractivity contribution in [1.82, 2.24) is 0 Å². The zero-order valence-electron chi connectivity index (χ0n) is 16.4. The van der Waals surface area contributed by atoms with Crippen molar-refractivity contribution >= 4 is 28.9 Å². The molecular formula is C23H23Cl2NO3. The summed E-state index contributed by atoms with van der Waals surface area (Å²) in [7, 11) is 1.63. The van der Waals surface area contributed by atoms with Gasteiger partial charge in [0.25, 0.3) is 0 Å². The van der Waals surface area contributed by atoms with Gasteiger partial charge in [0.1, 0.15) is 12.4 Å². The summed E-state index contributed by atoms with van der Waals surface area (Å²) in [4.78, 5) is 0. The van der Waals surface area contributed by atoms with Crippen molar-refractivity contribution in [2.24, 2.45) is 0 Å². The van der Waals surface area contributed by atoms with Gasteiger partial charge in [0.2, 0.25) is 0 Å². The molecule has 0 radical (unpaired) electrons. The minimum atomic E-state index is 0.330. The van der Waals surface area contributed by atoms with Crippen LogP contribution in [0.25, 0.3) is 0 Å². The Morgan fingerprint density at radius 3 is 2.34 bits per heavy atom. The molecule has 0 aliphatic rings. The summed E-state index contributed by atoms with van der Waals surface area (Å²) in [5.74, 6) is 2.19. The largest absolute Gasteiger partial charge is 0.494 e. The number of anilines is 1. The molecule has 0 fully saturated rings. The number of ether oxygens (including phenoxy) is 3. The first kappa shape index (κ1) is 21.2. The fourth-order valence-electron chi connectivity index (χ4n) is 2.78. The van der Waals surface area contributed by atoms with E-state index in [9.17, 15) is 0 Å². The van der Waals surface area contributed by atoms with E-state index in [-0.39, 0.29) is 0 Å². The standard InChI is InChI=1S/C23H23Cl2NO3/c1-3-28-20-9-7-19(8-10-20)26-14-16-4-11-22(23(12-16)27-2)29-15-17-5-6-18(24)13-21(17)25/h4-13,26H,3,14-15H2,1-2H3. The average Bonchev–Trinajstić information content (AvgIpc) is 2.73. The molecule has 0 aromatic heterocycles. The van der Waals surface area contributed by atoms with E-state index in [1.165, 1.54) is 0 Å². The van der Waals surface area contributed by atoms with Crippen LogP contribution in [0.5, 0.6) is 17.2 Å². The number of benzene rings is 3. The molecule has 3 rings (SSSR count). The van der Waals surface area contributed by atoms with Crippen molar-refractivity contribution in [1.29, 1.82) is 0 Å². The lowest BCUT2D eigenvalue weighted by Gasteiger charge is -2.14. The molecule has 3 aromatic rings. The van der Waals surface area contributed by atoms with Crippen LogP contribution in [-0.4, -0.2) is 13.7 Å². The lowest BCUT2D eigenvalue weighted by Crippen LogP contribution is -2.02. The Bertz CT molecular complexity index is 945. The third kappa shape index (κ3) is 5.96. The molecule has 0 unspecified atom stereocenters. The van der Waals surface area contributed by atoms with Crippen molar-refractivity contribution in [3.05, 3.63) is 81.8 Å². The highest BCUT2D eigenvalue weighted by atomic mass is 35.5. The third-order valence-corrected chi connectivity index (χ3v) is 4.88. The van der Waals surface area contributed by atoms with Gasteiger partial charge in [-0.15, -0.1) is 0 Å². The van der Waals surface area contributed by atoms with Crippen molar-refractivity contribution in [3.8, 4) is 17.2 Å². The highest BCUT2D eigenvalue weighted by Gasteiger charge is 2.08. The van der Waals surface area contributed by atoms with Crippen LogP contribution < -0.4 is 19.5 Å². The summed E-state index contributed by atoms with van der Waals surface area (Å²) in [5, 5.41) is 4.56. The highest BCUT2D eigenvalue weighted by molar-refractivity contribution is 6.35. The van der Waals surface area contributed by atoms with Crippen LogP contribution in [0, 0.1) is 0 Å². The number of methoxy groups -OCH3 is 1. The van der Waals surface area contributed by atoms with E-state index < -0.39 is 0 Å². The molecule has 29 heavy (non-hydrogen) atoms. The monoisotopic (exact) mass is 431 g/mol. The van der Waals surface area contributed by atoms with Gasteiger partial charge in [0.05, 0.1) is 13.7 Å². The van der Waals surface area contributed by atoms with Crippen LogP contribution in [0.15, 0.2) is 60.7 Å². The summed E-state index contributed by atoms with van der Waals surface area (Å²) < 4.78 is 16.9. The Morgan fingerprint density at radius 2 is 1.66 bits per heavy atom. The van der Waals surface area contributed by atoms with Gasteiger partial charge in [-0.25, -0.2) is 0 Å². The first-order chi connectivity index (χ1) is 14.1.